The van der Waals surface area contributed by atoms with Crippen LogP contribution in [0.2, 0.25) is 0 Å². The second kappa shape index (κ2) is 6.70. The predicted molar refractivity (Wildman–Crippen MR) is 101 cm³/mol. The number of imidazole rings is 1. The van der Waals surface area contributed by atoms with Crippen LogP contribution in [0.25, 0.3) is 0 Å². The van der Waals surface area contributed by atoms with E-state index in [4.69, 9.17) is 6.42 Å². The first-order valence-corrected chi connectivity index (χ1v) is 8.62. The fraction of sp³-hybridized carbons (Fsp3) is 0.200. The quantitative estimate of drug-likeness (QED) is 0.691. The van der Waals surface area contributed by atoms with Crippen molar-refractivity contribution >= 4 is 5.91 Å². The summed E-state index contributed by atoms with van der Waals surface area (Å²) < 4.78 is 3.28. The van der Waals surface area contributed by atoms with Crippen molar-refractivity contribution in [3.8, 4) is 18.1 Å². The molecule has 1 N–H and O–H groups in total. The molecule has 1 aromatic carbocycles. The molecule has 0 radical (unpaired) electrons. The molecule has 3 aromatic rings. The molecule has 0 saturated carbocycles. The highest BCUT2D eigenvalue weighted by atomic mass is 16.3. The molecule has 1 aliphatic rings. The van der Waals surface area contributed by atoms with E-state index in [0.29, 0.717) is 12.2 Å². The molecule has 0 spiro atoms. The molecule has 2 aromatic heterocycles. The van der Waals surface area contributed by atoms with Crippen molar-refractivity contribution in [3.05, 3.63) is 76.2 Å². The summed E-state index contributed by atoms with van der Waals surface area (Å²) in [5.41, 5.74) is 0.617. The third-order valence-corrected chi connectivity index (χ3v) is 4.89. The van der Waals surface area contributed by atoms with Crippen molar-refractivity contribution in [2.75, 3.05) is 13.6 Å². The van der Waals surface area contributed by atoms with E-state index in [1.165, 1.54) is 9.58 Å². The topological polar surface area (TPSA) is 93.3 Å². The number of amides is 1. The van der Waals surface area contributed by atoms with Gasteiger partial charge in [0.05, 0.1) is 24.6 Å². The van der Waals surface area contributed by atoms with Gasteiger partial charge in [0.2, 0.25) is 5.43 Å². The number of carbonyl (C=O) groups excluding carboxylic acids is 1. The molecule has 2 unspecified atom stereocenters. The lowest BCUT2D eigenvalue weighted by Crippen LogP contribution is -2.46. The third kappa shape index (κ3) is 2.74. The summed E-state index contributed by atoms with van der Waals surface area (Å²) in [6.45, 7) is 0.324. The molecule has 4 rings (SSSR count). The Labute approximate surface area is 160 Å². The first-order chi connectivity index (χ1) is 13.5. The summed E-state index contributed by atoms with van der Waals surface area (Å²) in [6, 6.07) is 8.93. The summed E-state index contributed by atoms with van der Waals surface area (Å²) in [5, 5.41) is 14.4. The summed E-state index contributed by atoms with van der Waals surface area (Å²) in [4.78, 5) is 30.2. The number of aromatic nitrogens is 4. The lowest BCUT2D eigenvalue weighted by Gasteiger charge is -2.37. The molecule has 0 saturated heterocycles. The van der Waals surface area contributed by atoms with E-state index < -0.39 is 23.1 Å². The minimum atomic E-state index is -0.692. The van der Waals surface area contributed by atoms with Gasteiger partial charge in [0.25, 0.3) is 5.91 Å². The molecular formula is C20H17N5O3. The van der Waals surface area contributed by atoms with Crippen LogP contribution in [0.5, 0.6) is 5.75 Å². The average molecular weight is 375 g/mol. The molecule has 8 nitrogen and oxygen atoms in total. The van der Waals surface area contributed by atoms with Crippen LogP contribution in [0, 0.1) is 12.3 Å². The number of rotatable bonds is 3. The summed E-state index contributed by atoms with van der Waals surface area (Å²) in [5.74, 6) is 1.45. The Balaban J connectivity index is 1.94. The number of hydrogen-bond acceptors (Lipinski definition) is 5. The van der Waals surface area contributed by atoms with E-state index in [0.717, 1.165) is 11.8 Å². The second-order valence-electron chi connectivity index (χ2n) is 6.61. The number of nitrogens with zero attached hydrogens (tertiary/aromatic N) is 5. The Morgan fingerprint density at radius 1 is 1.29 bits per heavy atom. The zero-order valence-corrected chi connectivity index (χ0v) is 15.1. The smallest absolute Gasteiger partial charge is 0.275 e. The Morgan fingerprint density at radius 2 is 2.04 bits per heavy atom. The van der Waals surface area contributed by atoms with Crippen LogP contribution >= 0.6 is 0 Å². The second-order valence-corrected chi connectivity index (χ2v) is 6.61. The van der Waals surface area contributed by atoms with Gasteiger partial charge in [-0.2, -0.15) is 5.10 Å². The van der Waals surface area contributed by atoms with Gasteiger partial charge in [-0.05, 0) is 11.5 Å². The molecule has 1 amide bonds. The van der Waals surface area contributed by atoms with Crippen LogP contribution in [-0.2, 0) is 0 Å². The number of benzene rings is 1. The molecule has 2 atom stereocenters. The first-order valence-electron chi connectivity index (χ1n) is 8.62. The molecule has 8 heteroatoms. The maximum absolute atomic E-state index is 12.6. The Hall–Kier alpha value is -3.86. The SMILES string of the molecule is C#Cc1cn(C(c2ccccc2)C2CN(C)C(=O)c3c(O)c(=O)cnn32)cn1. The van der Waals surface area contributed by atoms with Gasteiger partial charge < -0.3 is 14.6 Å². The molecule has 140 valence electrons. The first kappa shape index (κ1) is 17.5. The largest absolute Gasteiger partial charge is 0.502 e. The van der Waals surface area contributed by atoms with Gasteiger partial charge in [-0.3, -0.25) is 9.59 Å². The molecule has 3 heterocycles. The van der Waals surface area contributed by atoms with Crippen LogP contribution in [0.3, 0.4) is 0 Å². The van der Waals surface area contributed by atoms with Crippen LogP contribution < -0.4 is 5.43 Å². The van der Waals surface area contributed by atoms with E-state index in [1.807, 2.05) is 34.9 Å². The van der Waals surface area contributed by atoms with Crippen molar-refractivity contribution in [3.63, 3.8) is 0 Å². The minimum absolute atomic E-state index is 0.121. The highest BCUT2D eigenvalue weighted by Gasteiger charge is 2.38. The maximum atomic E-state index is 12.6. The highest BCUT2D eigenvalue weighted by Crippen LogP contribution is 2.35. The summed E-state index contributed by atoms with van der Waals surface area (Å²) in [6.07, 6.45) is 9.87. The standard InChI is InChI=1S/C20H17N5O3/c1-3-14-10-24(12-21-14)17(13-7-5-4-6-8-13)15-11-23(2)20(28)18-19(27)16(26)9-22-25(15)18/h1,4-10,12,15,17,27H,11H2,2H3. The fourth-order valence-electron chi connectivity index (χ4n) is 3.57. The zero-order valence-electron chi connectivity index (χ0n) is 15.1. The maximum Gasteiger partial charge on any atom is 0.275 e. The minimum Gasteiger partial charge on any atom is -0.502 e. The van der Waals surface area contributed by atoms with Crippen LogP contribution in [0.15, 0.2) is 53.8 Å². The Morgan fingerprint density at radius 3 is 2.71 bits per heavy atom. The molecule has 28 heavy (non-hydrogen) atoms. The molecule has 0 fully saturated rings. The van der Waals surface area contributed by atoms with Gasteiger partial charge >= 0.3 is 0 Å². The van der Waals surface area contributed by atoms with Gasteiger partial charge in [-0.25, -0.2) is 9.67 Å². The molecule has 0 aliphatic carbocycles. The van der Waals surface area contributed by atoms with E-state index in [-0.39, 0.29) is 11.7 Å². The van der Waals surface area contributed by atoms with E-state index in [9.17, 15) is 14.7 Å². The monoisotopic (exact) mass is 375 g/mol. The summed E-state index contributed by atoms with van der Waals surface area (Å²) in [7, 11) is 1.62. The van der Waals surface area contributed by atoms with Gasteiger partial charge in [0.1, 0.15) is 5.69 Å². The van der Waals surface area contributed by atoms with Gasteiger partial charge in [-0.1, -0.05) is 30.3 Å². The van der Waals surface area contributed by atoms with E-state index in [2.05, 4.69) is 16.0 Å². The number of terminal acetylenes is 1. The third-order valence-electron chi connectivity index (χ3n) is 4.89. The zero-order chi connectivity index (χ0) is 19.8. The number of aromatic hydroxyl groups is 1. The molecule has 0 bridgehead atoms. The lowest BCUT2D eigenvalue weighted by molar-refractivity contribution is 0.0671. The van der Waals surface area contributed by atoms with Crippen molar-refractivity contribution in [1.29, 1.82) is 0 Å². The van der Waals surface area contributed by atoms with Crippen molar-refractivity contribution in [2.24, 2.45) is 0 Å². The predicted octanol–water partition coefficient (Wildman–Crippen LogP) is 1.04. The number of hydrogen-bond donors (Lipinski definition) is 1. The van der Waals surface area contributed by atoms with Gasteiger partial charge in [-0.15, -0.1) is 6.42 Å². The number of carbonyl (C=O) groups is 1. The van der Waals surface area contributed by atoms with E-state index in [1.54, 1.807) is 19.6 Å². The Kier molecular flexibility index (Phi) is 4.20. The fourth-order valence-corrected chi connectivity index (χ4v) is 3.57. The average Bonchev–Trinajstić information content (AvgIpc) is 3.18. The summed E-state index contributed by atoms with van der Waals surface area (Å²) >= 11 is 0. The van der Waals surface area contributed by atoms with Crippen LogP contribution in [0.1, 0.15) is 33.8 Å². The van der Waals surface area contributed by atoms with Crippen molar-refractivity contribution in [1.82, 2.24) is 24.2 Å². The molecular weight excluding hydrogens is 358 g/mol. The van der Waals surface area contributed by atoms with Crippen molar-refractivity contribution < 1.29 is 9.90 Å². The molecule has 1 aliphatic heterocycles. The number of likely N-dealkylation sites (N-methyl/N-ethyl adjacent to an activating group) is 1. The lowest BCUT2D eigenvalue weighted by atomic mass is 9.96. The Bertz CT molecular complexity index is 1140. The van der Waals surface area contributed by atoms with Crippen LogP contribution in [-0.4, -0.2) is 48.8 Å². The van der Waals surface area contributed by atoms with Crippen LogP contribution in [0.4, 0.5) is 0 Å². The van der Waals surface area contributed by atoms with Gasteiger partial charge in [0.15, 0.2) is 11.4 Å². The van der Waals surface area contributed by atoms with Gasteiger partial charge in [0, 0.05) is 19.8 Å². The number of fused-ring (bicyclic) bond motifs is 1. The highest BCUT2D eigenvalue weighted by molar-refractivity contribution is 5.95. The van der Waals surface area contributed by atoms with E-state index >= 15 is 0 Å². The normalized spacial score (nSPS) is 17.1. The van der Waals surface area contributed by atoms with Crippen molar-refractivity contribution in [2.45, 2.75) is 12.1 Å².